The van der Waals surface area contributed by atoms with E-state index < -0.39 is 23.3 Å². The average Bonchev–Trinajstić information content (AvgIpc) is 3.36. The van der Waals surface area contributed by atoms with Gasteiger partial charge in [0.25, 0.3) is 0 Å². The van der Waals surface area contributed by atoms with Gasteiger partial charge in [0.1, 0.15) is 6.04 Å². The highest BCUT2D eigenvalue weighted by atomic mass is 16.6. The van der Waals surface area contributed by atoms with Gasteiger partial charge < -0.3 is 15.5 Å². The average molecular weight is 517 g/mol. The summed E-state index contributed by atoms with van der Waals surface area (Å²) in [5.74, 6) is -1.74. The molecule has 0 saturated carbocycles. The van der Waals surface area contributed by atoms with Gasteiger partial charge in [-0.2, -0.15) is 0 Å². The van der Waals surface area contributed by atoms with Gasteiger partial charge in [0.2, 0.25) is 17.7 Å². The van der Waals surface area contributed by atoms with Crippen molar-refractivity contribution in [2.75, 3.05) is 26.7 Å². The molecule has 1 aromatic rings. The predicted octanol–water partition coefficient (Wildman–Crippen LogP) is 3.67. The topological polar surface area (TPSA) is 99.8 Å². The van der Waals surface area contributed by atoms with Crippen molar-refractivity contribution < 1.29 is 19.2 Å². The first-order valence-electron chi connectivity index (χ1n) is 13.7. The Morgan fingerprint density at radius 1 is 0.973 bits per heavy atom. The van der Waals surface area contributed by atoms with Crippen molar-refractivity contribution in [1.82, 2.24) is 21.0 Å². The molecule has 1 saturated heterocycles. The number of hydrogen-bond acceptors (Lipinski definition) is 5. The number of hydroxylamine groups is 1. The monoisotopic (exact) mass is 516 g/mol. The lowest BCUT2D eigenvalue weighted by molar-refractivity contribution is -0.146. The van der Waals surface area contributed by atoms with Crippen LogP contribution in [0.25, 0.3) is 0 Å². The number of likely N-dealkylation sites (N-methyl/N-ethyl adjacent to an activating group) is 1. The lowest BCUT2D eigenvalue weighted by atomic mass is 9.80. The lowest BCUT2D eigenvalue weighted by Gasteiger charge is -2.33. The summed E-state index contributed by atoms with van der Waals surface area (Å²) in [4.78, 5) is 47.7. The van der Waals surface area contributed by atoms with Crippen LogP contribution in [0.5, 0.6) is 0 Å². The number of hydrogen-bond donors (Lipinski definition) is 3. The minimum atomic E-state index is -0.706. The fourth-order valence-electron chi connectivity index (χ4n) is 4.93. The third-order valence-electron chi connectivity index (χ3n) is 6.99. The Kier molecular flexibility index (Phi) is 12.5. The van der Waals surface area contributed by atoms with Gasteiger partial charge in [0.05, 0.1) is 12.5 Å². The van der Waals surface area contributed by atoms with Crippen LogP contribution in [0.3, 0.4) is 0 Å². The fourth-order valence-corrected chi connectivity index (χ4v) is 4.93. The summed E-state index contributed by atoms with van der Waals surface area (Å²) in [6, 6.07) is 8.92. The van der Waals surface area contributed by atoms with Gasteiger partial charge in [0.15, 0.2) is 0 Å². The molecule has 2 rings (SSSR count). The zero-order chi connectivity index (χ0) is 27.4. The molecule has 0 aromatic heterocycles. The van der Waals surface area contributed by atoms with Crippen LogP contribution in [0.15, 0.2) is 30.3 Å². The molecule has 0 spiro atoms. The highest BCUT2D eigenvalue weighted by molar-refractivity contribution is 5.91. The van der Waals surface area contributed by atoms with Crippen molar-refractivity contribution >= 4 is 17.7 Å². The van der Waals surface area contributed by atoms with Crippen LogP contribution in [-0.4, -0.2) is 55.3 Å². The number of carbonyl (C=O) groups is 3. The van der Waals surface area contributed by atoms with E-state index in [1.165, 1.54) is 12.8 Å². The van der Waals surface area contributed by atoms with E-state index in [-0.39, 0.29) is 30.2 Å². The maximum atomic E-state index is 13.7. The standard InChI is InChI=1S/C29H48N4O4/c1-21(2)19-24(26(34)31-25(28(36)30-6)29(3,4)5)23(15-12-18-33-16-10-11-17-33)27(35)32-37-20-22-13-8-7-9-14-22/h7-9,13-14,21,23-25H,10-12,15-20H2,1-6H3,(H,30,36)(H,31,34)(H,32,35)/t23?,24-,25-/m1/s1. The van der Waals surface area contributed by atoms with Crippen LogP contribution in [-0.2, 0) is 25.8 Å². The SMILES string of the molecule is CNC(=O)[C@@H](NC(=O)[C@H](CC(C)C)C(CCCN1CCCC1)C(=O)NOCc1ccccc1)C(C)(C)C. The van der Waals surface area contributed by atoms with Crippen molar-refractivity contribution in [1.29, 1.82) is 0 Å². The second-order valence-corrected chi connectivity index (χ2v) is 11.7. The zero-order valence-electron chi connectivity index (χ0n) is 23.6. The minimum absolute atomic E-state index is 0.197. The number of nitrogens with one attached hydrogen (secondary N) is 3. The molecule has 1 aliphatic rings. The van der Waals surface area contributed by atoms with Crippen molar-refractivity contribution in [2.45, 2.75) is 79.4 Å². The molecule has 0 aliphatic carbocycles. The van der Waals surface area contributed by atoms with Crippen LogP contribution in [0, 0.1) is 23.2 Å². The van der Waals surface area contributed by atoms with Crippen LogP contribution in [0.1, 0.15) is 72.3 Å². The second-order valence-electron chi connectivity index (χ2n) is 11.7. The Hall–Kier alpha value is -2.45. The van der Waals surface area contributed by atoms with Crippen molar-refractivity contribution in [3.8, 4) is 0 Å². The quantitative estimate of drug-likeness (QED) is 0.328. The summed E-state index contributed by atoms with van der Waals surface area (Å²) in [6.45, 7) is 13.2. The third kappa shape index (κ3) is 10.4. The Balaban J connectivity index is 2.19. The van der Waals surface area contributed by atoms with E-state index in [9.17, 15) is 14.4 Å². The first kappa shape index (κ1) is 30.8. The molecular formula is C29H48N4O4. The molecule has 3 amide bonds. The number of likely N-dealkylation sites (tertiary alicyclic amines) is 1. The molecule has 37 heavy (non-hydrogen) atoms. The van der Waals surface area contributed by atoms with E-state index >= 15 is 0 Å². The summed E-state index contributed by atoms with van der Waals surface area (Å²) in [6.07, 6.45) is 4.35. The van der Waals surface area contributed by atoms with Gasteiger partial charge in [-0.25, -0.2) is 5.48 Å². The third-order valence-corrected chi connectivity index (χ3v) is 6.99. The highest BCUT2D eigenvalue weighted by Crippen LogP contribution is 2.28. The molecule has 0 bridgehead atoms. The first-order chi connectivity index (χ1) is 17.5. The largest absolute Gasteiger partial charge is 0.357 e. The number of carbonyl (C=O) groups excluding carboxylic acids is 3. The van der Waals surface area contributed by atoms with Crippen LogP contribution >= 0.6 is 0 Å². The molecule has 1 unspecified atom stereocenters. The first-order valence-corrected chi connectivity index (χ1v) is 13.7. The van der Waals surface area contributed by atoms with Gasteiger partial charge in [-0.3, -0.25) is 19.2 Å². The van der Waals surface area contributed by atoms with Crippen molar-refractivity contribution in [2.24, 2.45) is 23.2 Å². The van der Waals surface area contributed by atoms with Crippen LogP contribution < -0.4 is 16.1 Å². The molecule has 8 heteroatoms. The van der Waals surface area contributed by atoms with E-state index in [2.05, 4.69) is 21.0 Å². The highest BCUT2D eigenvalue weighted by Gasteiger charge is 2.38. The number of nitrogens with zero attached hydrogens (tertiary/aromatic N) is 1. The van der Waals surface area contributed by atoms with Gasteiger partial charge in [0, 0.05) is 13.0 Å². The van der Waals surface area contributed by atoms with Gasteiger partial charge in [-0.05, 0) is 68.6 Å². The van der Waals surface area contributed by atoms with Gasteiger partial charge in [-0.1, -0.05) is 65.0 Å². The minimum Gasteiger partial charge on any atom is -0.357 e. The van der Waals surface area contributed by atoms with E-state index in [0.717, 1.165) is 31.6 Å². The Morgan fingerprint density at radius 3 is 2.19 bits per heavy atom. The summed E-state index contributed by atoms with van der Waals surface area (Å²) in [7, 11) is 1.57. The summed E-state index contributed by atoms with van der Waals surface area (Å²) in [5, 5.41) is 5.64. The van der Waals surface area contributed by atoms with Gasteiger partial charge >= 0.3 is 0 Å². The Bertz CT molecular complexity index is 847. The smallest absolute Gasteiger partial charge is 0.247 e. The summed E-state index contributed by atoms with van der Waals surface area (Å²) < 4.78 is 0. The maximum Gasteiger partial charge on any atom is 0.247 e. The van der Waals surface area contributed by atoms with E-state index in [4.69, 9.17) is 4.84 Å². The molecule has 3 N–H and O–H groups in total. The molecule has 0 radical (unpaired) electrons. The Labute approximate surface area is 223 Å². The zero-order valence-corrected chi connectivity index (χ0v) is 23.6. The maximum absolute atomic E-state index is 13.7. The summed E-state index contributed by atoms with van der Waals surface area (Å²) in [5.41, 5.74) is 3.09. The van der Waals surface area contributed by atoms with Crippen LogP contribution in [0.2, 0.25) is 0 Å². The molecule has 3 atom stereocenters. The lowest BCUT2D eigenvalue weighted by Crippen LogP contribution is -2.55. The molecule has 1 fully saturated rings. The molecule has 1 aliphatic heterocycles. The number of rotatable bonds is 14. The second kappa shape index (κ2) is 15.1. The number of amides is 3. The van der Waals surface area contributed by atoms with Crippen molar-refractivity contribution in [3.05, 3.63) is 35.9 Å². The van der Waals surface area contributed by atoms with E-state index in [1.807, 2.05) is 65.0 Å². The van der Waals surface area contributed by atoms with Gasteiger partial charge in [-0.15, -0.1) is 0 Å². The van der Waals surface area contributed by atoms with E-state index in [0.29, 0.717) is 12.8 Å². The van der Waals surface area contributed by atoms with Crippen LogP contribution in [0.4, 0.5) is 0 Å². The normalized spacial score (nSPS) is 16.7. The number of benzene rings is 1. The molecule has 208 valence electrons. The molecule has 8 nitrogen and oxygen atoms in total. The fraction of sp³-hybridized carbons (Fsp3) is 0.690. The predicted molar refractivity (Wildman–Crippen MR) is 146 cm³/mol. The van der Waals surface area contributed by atoms with E-state index in [1.54, 1.807) is 7.05 Å². The molecular weight excluding hydrogens is 468 g/mol. The van der Waals surface area contributed by atoms with Crippen molar-refractivity contribution in [3.63, 3.8) is 0 Å². The molecule has 1 heterocycles. The summed E-state index contributed by atoms with van der Waals surface area (Å²) >= 11 is 0. The molecule has 1 aromatic carbocycles. The Morgan fingerprint density at radius 2 is 1.62 bits per heavy atom.